The minimum absolute atomic E-state index is 0.0734. The molecule has 2 atom stereocenters. The van der Waals surface area contributed by atoms with Crippen LogP contribution in [0, 0.1) is 20.8 Å². The van der Waals surface area contributed by atoms with Gasteiger partial charge in [-0.25, -0.2) is 0 Å². The second kappa shape index (κ2) is 7.33. The molecule has 25 heavy (non-hydrogen) atoms. The van der Waals surface area contributed by atoms with Crippen LogP contribution in [0.15, 0.2) is 18.2 Å². The molecule has 0 unspecified atom stereocenters. The summed E-state index contributed by atoms with van der Waals surface area (Å²) in [5, 5.41) is 3.30. The number of benzene rings is 1. The molecule has 0 bridgehead atoms. The van der Waals surface area contributed by atoms with E-state index < -0.39 is 0 Å². The van der Waals surface area contributed by atoms with Crippen LogP contribution in [-0.4, -0.2) is 24.2 Å². The highest BCUT2D eigenvalue weighted by Gasteiger charge is 2.42. The number of hydrogen-bond acceptors (Lipinski definition) is 2. The van der Waals surface area contributed by atoms with E-state index >= 15 is 0 Å². The molecule has 1 spiro atoms. The summed E-state index contributed by atoms with van der Waals surface area (Å²) in [5.41, 5.74) is 5.35. The number of nitrogens with one attached hydrogen (secondary N) is 1. The second-order valence-corrected chi connectivity index (χ2v) is 7.88. The van der Waals surface area contributed by atoms with E-state index in [4.69, 9.17) is 4.74 Å². The van der Waals surface area contributed by atoms with E-state index in [2.05, 4.69) is 51.2 Å². The average Bonchev–Trinajstić information content (AvgIpc) is 2.82. The Morgan fingerprint density at radius 3 is 2.64 bits per heavy atom. The van der Waals surface area contributed by atoms with Gasteiger partial charge in [-0.2, -0.15) is 0 Å². The summed E-state index contributed by atoms with van der Waals surface area (Å²) < 4.78 is 6.07. The van der Waals surface area contributed by atoms with Gasteiger partial charge in [0, 0.05) is 18.6 Å². The second-order valence-electron chi connectivity index (χ2n) is 7.88. The molecule has 0 saturated heterocycles. The standard InChI is InChI=1S/C22H31NO2/c1-5-6-10-25-18-8-7-9-22(13-18)14-19(21(24)23-22)20-16(3)11-15(2)12-17(20)4/h11-12,14,18H,5-10,13H2,1-4H3,(H,23,24)/t18-,22-/m1/s1. The Kier molecular flexibility index (Phi) is 5.33. The highest BCUT2D eigenvalue weighted by Crippen LogP contribution is 2.39. The Hall–Kier alpha value is -1.61. The van der Waals surface area contributed by atoms with Crippen molar-refractivity contribution in [2.24, 2.45) is 0 Å². The third kappa shape index (κ3) is 3.82. The van der Waals surface area contributed by atoms with Crippen LogP contribution < -0.4 is 5.32 Å². The molecular weight excluding hydrogens is 310 g/mol. The smallest absolute Gasteiger partial charge is 0.252 e. The van der Waals surface area contributed by atoms with E-state index in [9.17, 15) is 4.79 Å². The number of rotatable bonds is 5. The summed E-state index contributed by atoms with van der Waals surface area (Å²) >= 11 is 0. The molecule has 0 radical (unpaired) electrons. The zero-order valence-electron chi connectivity index (χ0n) is 16.1. The molecule has 1 aromatic carbocycles. The van der Waals surface area contributed by atoms with Gasteiger partial charge >= 0.3 is 0 Å². The summed E-state index contributed by atoms with van der Waals surface area (Å²) in [5.74, 6) is 0.0734. The Bertz CT molecular complexity index is 668. The Labute approximate surface area is 151 Å². The monoisotopic (exact) mass is 341 g/mol. The fraction of sp³-hybridized carbons (Fsp3) is 0.591. The SMILES string of the molecule is CCCCO[C@@H]1CCC[C@]2(C=C(c3c(C)cc(C)cc3C)C(=O)N2)C1. The van der Waals surface area contributed by atoms with Gasteiger partial charge < -0.3 is 10.1 Å². The molecule has 1 fully saturated rings. The summed E-state index contributed by atoms with van der Waals surface area (Å²) in [7, 11) is 0. The first-order valence-electron chi connectivity index (χ1n) is 9.69. The maximum atomic E-state index is 12.8. The topological polar surface area (TPSA) is 38.3 Å². The first-order valence-corrected chi connectivity index (χ1v) is 9.69. The van der Waals surface area contributed by atoms with E-state index in [1.54, 1.807) is 0 Å². The van der Waals surface area contributed by atoms with Crippen LogP contribution in [0.3, 0.4) is 0 Å². The Morgan fingerprint density at radius 2 is 1.96 bits per heavy atom. The number of carbonyl (C=O) groups excluding carboxylic acids is 1. The molecule has 1 aliphatic carbocycles. The highest BCUT2D eigenvalue weighted by atomic mass is 16.5. The van der Waals surface area contributed by atoms with Crippen molar-refractivity contribution in [3.05, 3.63) is 40.5 Å². The van der Waals surface area contributed by atoms with Crippen molar-refractivity contribution in [2.75, 3.05) is 6.61 Å². The number of ether oxygens (including phenoxy) is 1. The highest BCUT2D eigenvalue weighted by molar-refractivity contribution is 6.23. The van der Waals surface area contributed by atoms with Gasteiger partial charge in [-0.1, -0.05) is 31.0 Å². The number of unbranched alkanes of at least 4 members (excludes halogenated alkanes) is 1. The lowest BCUT2D eigenvalue weighted by atomic mass is 9.80. The van der Waals surface area contributed by atoms with Crippen LogP contribution in [0.4, 0.5) is 0 Å². The number of hydrogen-bond donors (Lipinski definition) is 1. The molecule has 2 aliphatic rings. The molecule has 1 N–H and O–H groups in total. The van der Waals surface area contributed by atoms with Gasteiger partial charge in [0.1, 0.15) is 0 Å². The molecule has 3 nitrogen and oxygen atoms in total. The summed E-state index contributed by atoms with van der Waals surface area (Å²) in [6.07, 6.45) is 8.85. The molecule has 1 saturated carbocycles. The van der Waals surface area contributed by atoms with Crippen LogP contribution in [0.5, 0.6) is 0 Å². The van der Waals surface area contributed by atoms with E-state index in [-0.39, 0.29) is 17.6 Å². The Balaban J connectivity index is 1.84. The maximum absolute atomic E-state index is 12.8. The van der Waals surface area contributed by atoms with Gasteiger partial charge in [0.25, 0.3) is 5.91 Å². The maximum Gasteiger partial charge on any atom is 0.252 e. The van der Waals surface area contributed by atoms with E-state index in [0.29, 0.717) is 0 Å². The summed E-state index contributed by atoms with van der Waals surface area (Å²) in [4.78, 5) is 12.8. The molecule has 1 amide bonds. The number of aryl methyl sites for hydroxylation is 3. The van der Waals surface area contributed by atoms with Gasteiger partial charge in [0.15, 0.2) is 0 Å². The molecule has 3 heteroatoms. The predicted octanol–water partition coefficient (Wildman–Crippen LogP) is 4.62. The first kappa shape index (κ1) is 18.2. The number of amides is 1. The van der Waals surface area contributed by atoms with Gasteiger partial charge in [-0.3, -0.25) is 4.79 Å². The minimum atomic E-state index is -0.217. The summed E-state index contributed by atoms with van der Waals surface area (Å²) in [6, 6.07) is 4.33. The van der Waals surface area contributed by atoms with Crippen molar-refractivity contribution in [1.29, 1.82) is 0 Å². The number of carbonyl (C=O) groups is 1. The van der Waals surface area contributed by atoms with Crippen LogP contribution in [0.1, 0.15) is 67.7 Å². The van der Waals surface area contributed by atoms with Crippen LogP contribution >= 0.6 is 0 Å². The van der Waals surface area contributed by atoms with Crippen molar-refractivity contribution in [1.82, 2.24) is 5.32 Å². The molecule has 1 heterocycles. The predicted molar refractivity (Wildman–Crippen MR) is 103 cm³/mol. The lowest BCUT2D eigenvalue weighted by Crippen LogP contribution is -2.47. The fourth-order valence-corrected chi connectivity index (χ4v) is 4.50. The molecular formula is C22H31NO2. The van der Waals surface area contributed by atoms with Crippen LogP contribution in [0.2, 0.25) is 0 Å². The van der Waals surface area contributed by atoms with Gasteiger partial charge in [0.05, 0.1) is 11.6 Å². The van der Waals surface area contributed by atoms with Gasteiger partial charge in [-0.15, -0.1) is 0 Å². The van der Waals surface area contributed by atoms with Crippen molar-refractivity contribution in [3.63, 3.8) is 0 Å². The molecule has 1 aromatic rings. The lowest BCUT2D eigenvalue weighted by Gasteiger charge is -2.36. The van der Waals surface area contributed by atoms with Gasteiger partial charge in [-0.05, 0) is 69.2 Å². The van der Waals surface area contributed by atoms with Crippen molar-refractivity contribution >= 4 is 11.5 Å². The van der Waals surface area contributed by atoms with Crippen LogP contribution in [0.25, 0.3) is 5.57 Å². The van der Waals surface area contributed by atoms with E-state index in [1.165, 1.54) is 16.7 Å². The van der Waals surface area contributed by atoms with Gasteiger partial charge in [0.2, 0.25) is 0 Å². The minimum Gasteiger partial charge on any atom is -0.378 e. The molecule has 136 valence electrons. The van der Waals surface area contributed by atoms with Crippen molar-refractivity contribution in [3.8, 4) is 0 Å². The third-order valence-electron chi connectivity index (χ3n) is 5.57. The van der Waals surface area contributed by atoms with E-state index in [1.807, 2.05) is 0 Å². The summed E-state index contributed by atoms with van der Waals surface area (Å²) in [6.45, 7) is 9.33. The molecule has 1 aliphatic heterocycles. The third-order valence-corrected chi connectivity index (χ3v) is 5.57. The fourth-order valence-electron chi connectivity index (χ4n) is 4.50. The quantitative estimate of drug-likeness (QED) is 0.793. The Morgan fingerprint density at radius 1 is 1.24 bits per heavy atom. The zero-order valence-corrected chi connectivity index (χ0v) is 16.1. The largest absolute Gasteiger partial charge is 0.378 e. The van der Waals surface area contributed by atoms with Crippen molar-refractivity contribution in [2.45, 2.75) is 77.9 Å². The van der Waals surface area contributed by atoms with Crippen LogP contribution in [-0.2, 0) is 9.53 Å². The molecule has 3 rings (SSSR count). The lowest BCUT2D eigenvalue weighted by molar-refractivity contribution is -0.116. The molecule has 0 aromatic heterocycles. The van der Waals surface area contributed by atoms with Crippen molar-refractivity contribution < 1.29 is 9.53 Å². The normalized spacial score (nSPS) is 26.0. The first-order chi connectivity index (χ1) is 11.9. The average molecular weight is 341 g/mol. The zero-order chi connectivity index (χ0) is 18.0. The van der Waals surface area contributed by atoms with E-state index in [0.717, 1.165) is 56.3 Å².